The second-order valence-corrected chi connectivity index (χ2v) is 8.41. The molecule has 1 aromatic carbocycles. The minimum Gasteiger partial charge on any atom is -0.455 e. The van der Waals surface area contributed by atoms with Gasteiger partial charge in [0.25, 0.3) is 0 Å². The van der Waals surface area contributed by atoms with Gasteiger partial charge < -0.3 is 4.42 Å². The van der Waals surface area contributed by atoms with Crippen molar-refractivity contribution in [2.45, 2.75) is 6.92 Å². The molecule has 0 saturated heterocycles. The van der Waals surface area contributed by atoms with Crippen molar-refractivity contribution in [1.82, 2.24) is 0 Å². The van der Waals surface area contributed by atoms with Gasteiger partial charge in [0.1, 0.15) is 5.58 Å². The van der Waals surface area contributed by atoms with Crippen molar-refractivity contribution in [2.24, 2.45) is 0 Å². The molecule has 5 heteroatoms. The van der Waals surface area contributed by atoms with E-state index in [0.29, 0.717) is 21.9 Å². The predicted molar refractivity (Wildman–Crippen MR) is 93.6 cm³/mol. The molecule has 0 aliphatic heterocycles. The third-order valence-corrected chi connectivity index (χ3v) is 6.29. The molecule has 21 heavy (non-hydrogen) atoms. The van der Waals surface area contributed by atoms with E-state index < -0.39 is 0 Å². The van der Waals surface area contributed by atoms with Gasteiger partial charge in [0.05, 0.1) is 19.4 Å². The Bertz CT molecular complexity index is 1040. The number of rotatable bonds is 1. The molecule has 4 aromatic rings. The Morgan fingerprint density at radius 2 is 1.90 bits per heavy atom. The molecule has 0 radical (unpaired) electrons. The first-order chi connectivity index (χ1) is 10.1. The first-order valence-electron chi connectivity index (χ1n) is 6.36. The number of halogens is 1. The molecule has 0 atom stereocenters. The maximum Gasteiger partial charge on any atom is 0.202 e. The van der Waals surface area contributed by atoms with Crippen LogP contribution in [-0.4, -0.2) is 0 Å². The van der Waals surface area contributed by atoms with E-state index in [4.69, 9.17) is 4.42 Å². The first-order valence-corrected chi connectivity index (χ1v) is 8.78. The lowest BCUT2D eigenvalue weighted by molar-refractivity contribution is 0.659. The summed E-state index contributed by atoms with van der Waals surface area (Å²) in [4.78, 5) is 16.0. The van der Waals surface area contributed by atoms with Crippen LogP contribution in [0.4, 0.5) is 0 Å². The standard InChI is InChI=1S/C16H9BrO2S2/c1-8-15-13(16(20-8)11-6-7-12(17)21-11)14(18)9-4-2-3-5-10(9)19-15/h2-7H,1H3. The zero-order valence-corrected chi connectivity index (χ0v) is 14.2. The van der Waals surface area contributed by atoms with Crippen LogP contribution >= 0.6 is 38.6 Å². The zero-order valence-electron chi connectivity index (χ0n) is 11.0. The molecule has 0 saturated carbocycles. The van der Waals surface area contributed by atoms with Gasteiger partial charge in [-0.15, -0.1) is 22.7 Å². The van der Waals surface area contributed by atoms with Gasteiger partial charge in [-0.25, -0.2) is 0 Å². The van der Waals surface area contributed by atoms with Crippen LogP contribution in [0.25, 0.3) is 31.7 Å². The van der Waals surface area contributed by atoms with Crippen LogP contribution in [-0.2, 0) is 0 Å². The number of fused-ring (bicyclic) bond motifs is 2. The van der Waals surface area contributed by atoms with Gasteiger partial charge in [0.2, 0.25) is 5.43 Å². The lowest BCUT2D eigenvalue weighted by Gasteiger charge is -1.99. The fraction of sp³-hybridized carbons (Fsp3) is 0.0625. The molecule has 0 aliphatic carbocycles. The summed E-state index contributed by atoms with van der Waals surface area (Å²) in [5.74, 6) is 0. The van der Waals surface area contributed by atoms with Crippen LogP contribution in [0.1, 0.15) is 4.88 Å². The number of aryl methyl sites for hydroxylation is 1. The number of thiophene rings is 2. The van der Waals surface area contributed by atoms with E-state index in [1.165, 1.54) is 0 Å². The lowest BCUT2D eigenvalue weighted by atomic mass is 10.1. The molecule has 0 spiro atoms. The van der Waals surface area contributed by atoms with Crippen molar-refractivity contribution in [3.63, 3.8) is 0 Å². The minimum absolute atomic E-state index is 0.0516. The Kier molecular flexibility index (Phi) is 3.03. The van der Waals surface area contributed by atoms with E-state index in [0.717, 1.165) is 18.4 Å². The minimum atomic E-state index is 0.0516. The number of para-hydroxylation sites is 1. The third-order valence-electron chi connectivity index (χ3n) is 3.40. The molecule has 4 rings (SSSR count). The summed E-state index contributed by atoms with van der Waals surface area (Å²) in [7, 11) is 0. The summed E-state index contributed by atoms with van der Waals surface area (Å²) in [5, 5.41) is 1.34. The van der Waals surface area contributed by atoms with E-state index >= 15 is 0 Å². The van der Waals surface area contributed by atoms with Gasteiger partial charge in [-0.1, -0.05) is 12.1 Å². The van der Waals surface area contributed by atoms with Crippen molar-refractivity contribution in [1.29, 1.82) is 0 Å². The second-order valence-electron chi connectivity index (χ2n) is 4.72. The van der Waals surface area contributed by atoms with Gasteiger partial charge in [-0.3, -0.25) is 4.79 Å². The molecule has 0 amide bonds. The van der Waals surface area contributed by atoms with Crippen molar-refractivity contribution in [3.8, 4) is 9.75 Å². The number of hydrogen-bond acceptors (Lipinski definition) is 4. The van der Waals surface area contributed by atoms with Gasteiger partial charge in [0.15, 0.2) is 5.58 Å². The largest absolute Gasteiger partial charge is 0.455 e. The van der Waals surface area contributed by atoms with Crippen molar-refractivity contribution < 1.29 is 4.42 Å². The average Bonchev–Trinajstić information content (AvgIpc) is 3.04. The maximum atomic E-state index is 12.8. The van der Waals surface area contributed by atoms with Crippen LogP contribution in [0.15, 0.2) is 49.4 Å². The van der Waals surface area contributed by atoms with Gasteiger partial charge in [0, 0.05) is 9.75 Å². The Balaban J connectivity index is 2.19. The van der Waals surface area contributed by atoms with Crippen LogP contribution in [0.2, 0.25) is 0 Å². The van der Waals surface area contributed by atoms with Crippen LogP contribution in [0.3, 0.4) is 0 Å². The Hall–Kier alpha value is -1.43. The average molecular weight is 377 g/mol. The highest BCUT2D eigenvalue weighted by Crippen LogP contribution is 2.41. The molecule has 0 fully saturated rings. The summed E-state index contributed by atoms with van der Waals surface area (Å²) in [6.07, 6.45) is 0. The molecule has 0 N–H and O–H groups in total. The molecule has 0 bridgehead atoms. The second kappa shape index (κ2) is 4.80. The van der Waals surface area contributed by atoms with Crippen molar-refractivity contribution in [3.05, 3.63) is 55.3 Å². The lowest BCUT2D eigenvalue weighted by Crippen LogP contribution is -2.01. The summed E-state index contributed by atoms with van der Waals surface area (Å²) in [5.41, 5.74) is 1.41. The monoisotopic (exact) mass is 376 g/mol. The Morgan fingerprint density at radius 1 is 1.10 bits per heavy atom. The topological polar surface area (TPSA) is 30.2 Å². The van der Waals surface area contributed by atoms with Crippen molar-refractivity contribution in [2.75, 3.05) is 0 Å². The van der Waals surface area contributed by atoms with Crippen LogP contribution in [0, 0.1) is 6.92 Å². The van der Waals surface area contributed by atoms with Gasteiger partial charge >= 0.3 is 0 Å². The van der Waals surface area contributed by atoms with Gasteiger partial charge in [-0.05, 0) is 47.1 Å². The molecular formula is C16H9BrO2S2. The summed E-state index contributed by atoms with van der Waals surface area (Å²) < 4.78 is 7.03. The third kappa shape index (κ3) is 1.99. The summed E-state index contributed by atoms with van der Waals surface area (Å²) in [6, 6.07) is 11.5. The van der Waals surface area contributed by atoms with Gasteiger partial charge in [-0.2, -0.15) is 0 Å². The predicted octanol–water partition coefficient (Wildman–Crippen LogP) is 5.81. The maximum absolute atomic E-state index is 12.8. The zero-order chi connectivity index (χ0) is 14.6. The highest BCUT2D eigenvalue weighted by Gasteiger charge is 2.18. The molecule has 104 valence electrons. The quantitative estimate of drug-likeness (QED) is 0.419. The first kappa shape index (κ1) is 13.2. The fourth-order valence-electron chi connectivity index (χ4n) is 2.46. The van der Waals surface area contributed by atoms with Crippen molar-refractivity contribution >= 4 is 60.5 Å². The highest BCUT2D eigenvalue weighted by molar-refractivity contribution is 9.11. The summed E-state index contributed by atoms with van der Waals surface area (Å²) >= 11 is 6.72. The molecule has 2 nitrogen and oxygen atoms in total. The SMILES string of the molecule is Cc1sc(-c2ccc(Br)s2)c2c(=O)c3ccccc3oc12. The Morgan fingerprint density at radius 3 is 2.67 bits per heavy atom. The number of benzene rings is 1. The summed E-state index contributed by atoms with van der Waals surface area (Å²) in [6.45, 7) is 2.00. The van der Waals surface area contributed by atoms with E-state index in [1.807, 2.05) is 43.3 Å². The molecular weight excluding hydrogens is 368 g/mol. The number of hydrogen-bond donors (Lipinski definition) is 0. The highest BCUT2D eigenvalue weighted by atomic mass is 79.9. The van der Waals surface area contributed by atoms with E-state index in [9.17, 15) is 4.79 Å². The van der Waals surface area contributed by atoms with Crippen LogP contribution in [0.5, 0.6) is 0 Å². The van der Waals surface area contributed by atoms with E-state index in [2.05, 4.69) is 15.9 Å². The Labute approximate surface area is 136 Å². The molecule has 0 aliphatic rings. The van der Waals surface area contributed by atoms with E-state index in [1.54, 1.807) is 22.7 Å². The van der Waals surface area contributed by atoms with E-state index in [-0.39, 0.29) is 5.43 Å². The molecule has 3 heterocycles. The normalized spacial score (nSPS) is 11.5. The molecule has 3 aromatic heterocycles. The smallest absolute Gasteiger partial charge is 0.202 e. The van der Waals surface area contributed by atoms with Crippen LogP contribution < -0.4 is 5.43 Å². The fourth-order valence-corrected chi connectivity index (χ4v) is 5.04. The molecule has 0 unspecified atom stereocenters.